The summed E-state index contributed by atoms with van der Waals surface area (Å²) in [4.78, 5) is 8.06. The first kappa shape index (κ1) is 13.7. The van der Waals surface area contributed by atoms with E-state index in [0.29, 0.717) is 22.0 Å². The van der Waals surface area contributed by atoms with E-state index >= 15 is 0 Å². The first-order valence-corrected chi connectivity index (χ1v) is 7.21. The summed E-state index contributed by atoms with van der Waals surface area (Å²) in [6, 6.07) is 3.79. The van der Waals surface area contributed by atoms with Crippen LogP contribution in [0.5, 0.6) is 0 Å². The Labute approximate surface area is 128 Å². The quantitative estimate of drug-likeness (QED) is 0.675. The van der Waals surface area contributed by atoms with E-state index < -0.39 is 0 Å². The van der Waals surface area contributed by atoms with Crippen molar-refractivity contribution in [2.75, 3.05) is 17.6 Å². The number of aromatic nitrogens is 2. The summed E-state index contributed by atoms with van der Waals surface area (Å²) in [6.45, 7) is 0.950. The highest BCUT2D eigenvalue weighted by atomic mass is 35.5. The normalized spacial score (nSPS) is 13.4. The highest BCUT2D eigenvalue weighted by Gasteiger charge is 2.21. The predicted octanol–water partition coefficient (Wildman–Crippen LogP) is 2.93. The number of nitrogens with zero attached hydrogens (tertiary/aromatic N) is 2. The molecule has 0 radical (unpaired) electrons. The average Bonchev–Trinajstić information content (AvgIpc) is 3.33. The third kappa shape index (κ3) is 3.45. The van der Waals surface area contributed by atoms with Gasteiger partial charge < -0.3 is 11.1 Å². The van der Waals surface area contributed by atoms with Crippen LogP contribution in [0.3, 0.4) is 0 Å². The van der Waals surface area contributed by atoms with Crippen molar-refractivity contribution in [1.29, 1.82) is 0 Å². The summed E-state index contributed by atoms with van der Waals surface area (Å²) in [5.41, 5.74) is 8.78. The Morgan fingerprint density at radius 1 is 1.29 bits per heavy atom. The number of nitrogens with two attached hydrogens (primary N) is 1. The van der Waals surface area contributed by atoms with Crippen molar-refractivity contribution < 1.29 is 0 Å². The fourth-order valence-corrected chi connectivity index (χ4v) is 2.13. The van der Waals surface area contributed by atoms with E-state index in [2.05, 4.69) is 27.1 Å². The first-order valence-electron chi connectivity index (χ1n) is 6.84. The zero-order chi connectivity index (χ0) is 14.7. The van der Waals surface area contributed by atoms with Gasteiger partial charge in [0.1, 0.15) is 5.69 Å². The summed E-state index contributed by atoms with van der Waals surface area (Å²) in [5, 5.41) is 3.82. The van der Waals surface area contributed by atoms with Gasteiger partial charge in [0.2, 0.25) is 0 Å². The number of halogens is 1. The lowest BCUT2D eigenvalue weighted by Gasteiger charge is -2.11. The lowest BCUT2D eigenvalue weighted by molar-refractivity contribution is 0.890. The molecule has 1 aliphatic rings. The third-order valence-corrected chi connectivity index (χ3v) is 3.75. The average molecular weight is 299 g/mol. The van der Waals surface area contributed by atoms with Crippen molar-refractivity contribution in [1.82, 2.24) is 9.97 Å². The maximum absolute atomic E-state index is 6.29. The van der Waals surface area contributed by atoms with Crippen molar-refractivity contribution in [2.24, 2.45) is 5.92 Å². The standard InChI is InChI=1S/C16H15ClN4/c17-15-12(3-5-13-10-19-7-8-20-13)4-6-14(16(15)18)21-9-11-1-2-11/h4,6-8,10-11,21H,1-2,9,18H2. The molecule has 1 aromatic heterocycles. The van der Waals surface area contributed by atoms with Crippen LogP contribution in [0.4, 0.5) is 11.4 Å². The summed E-state index contributed by atoms with van der Waals surface area (Å²) in [6.07, 6.45) is 7.40. The van der Waals surface area contributed by atoms with Crippen LogP contribution in [-0.4, -0.2) is 16.5 Å². The lowest BCUT2D eigenvalue weighted by Crippen LogP contribution is -2.06. The van der Waals surface area contributed by atoms with Gasteiger partial charge in [-0.1, -0.05) is 17.5 Å². The number of rotatable bonds is 3. The number of anilines is 2. The van der Waals surface area contributed by atoms with Gasteiger partial charge in [0, 0.05) is 24.5 Å². The second kappa shape index (κ2) is 6.02. The highest BCUT2D eigenvalue weighted by molar-refractivity contribution is 6.35. The van der Waals surface area contributed by atoms with Crippen molar-refractivity contribution in [3.63, 3.8) is 0 Å². The molecule has 0 unspecified atom stereocenters. The molecule has 0 atom stereocenters. The Kier molecular flexibility index (Phi) is 3.94. The minimum Gasteiger partial charge on any atom is -0.396 e. The Morgan fingerprint density at radius 3 is 2.86 bits per heavy atom. The summed E-state index contributed by atoms with van der Waals surface area (Å²) in [7, 11) is 0. The van der Waals surface area contributed by atoms with Crippen LogP contribution in [0, 0.1) is 17.8 Å². The van der Waals surface area contributed by atoms with Gasteiger partial charge >= 0.3 is 0 Å². The van der Waals surface area contributed by atoms with Gasteiger partial charge in [-0.15, -0.1) is 0 Å². The molecular formula is C16H15ClN4. The molecule has 0 amide bonds. The van der Waals surface area contributed by atoms with E-state index in [-0.39, 0.29) is 0 Å². The molecule has 1 heterocycles. The van der Waals surface area contributed by atoms with Crippen molar-refractivity contribution in [3.05, 3.63) is 47.0 Å². The van der Waals surface area contributed by atoms with E-state index in [0.717, 1.165) is 18.2 Å². The van der Waals surface area contributed by atoms with Gasteiger partial charge in [0.15, 0.2) is 0 Å². The van der Waals surface area contributed by atoms with E-state index in [1.54, 1.807) is 18.6 Å². The molecular weight excluding hydrogens is 284 g/mol. The molecule has 1 fully saturated rings. The first-order chi connectivity index (χ1) is 10.2. The maximum Gasteiger partial charge on any atom is 0.131 e. The third-order valence-electron chi connectivity index (χ3n) is 3.35. The lowest BCUT2D eigenvalue weighted by atomic mass is 10.1. The smallest absolute Gasteiger partial charge is 0.131 e. The van der Waals surface area contributed by atoms with Gasteiger partial charge in [-0.25, -0.2) is 4.98 Å². The minimum absolute atomic E-state index is 0.479. The van der Waals surface area contributed by atoms with Crippen molar-refractivity contribution >= 4 is 23.0 Å². The van der Waals surface area contributed by atoms with Gasteiger partial charge in [0.05, 0.1) is 22.6 Å². The molecule has 1 saturated carbocycles. The van der Waals surface area contributed by atoms with Gasteiger partial charge in [-0.3, -0.25) is 4.98 Å². The zero-order valence-electron chi connectivity index (χ0n) is 11.4. The maximum atomic E-state index is 6.29. The number of hydrogen-bond acceptors (Lipinski definition) is 4. The summed E-state index contributed by atoms with van der Waals surface area (Å²) < 4.78 is 0. The van der Waals surface area contributed by atoms with Crippen LogP contribution < -0.4 is 11.1 Å². The Bertz CT molecular complexity index is 699. The van der Waals surface area contributed by atoms with E-state index in [4.69, 9.17) is 17.3 Å². The molecule has 2 aromatic rings. The fourth-order valence-electron chi connectivity index (χ4n) is 1.91. The number of nitrogen functional groups attached to an aromatic ring is 1. The molecule has 1 aliphatic carbocycles. The van der Waals surface area contributed by atoms with Gasteiger partial charge in [-0.2, -0.15) is 0 Å². The molecule has 0 spiro atoms. The molecule has 106 valence electrons. The van der Waals surface area contributed by atoms with E-state index in [1.165, 1.54) is 12.8 Å². The highest BCUT2D eigenvalue weighted by Crippen LogP contribution is 2.33. The predicted molar refractivity (Wildman–Crippen MR) is 85.1 cm³/mol. The van der Waals surface area contributed by atoms with Crippen molar-refractivity contribution in [2.45, 2.75) is 12.8 Å². The van der Waals surface area contributed by atoms with Gasteiger partial charge in [-0.05, 0) is 36.8 Å². The summed E-state index contributed by atoms with van der Waals surface area (Å²) >= 11 is 6.29. The topological polar surface area (TPSA) is 63.8 Å². The Balaban J connectivity index is 1.80. The SMILES string of the molecule is Nc1c(NCC2CC2)ccc(C#Cc2cnccn2)c1Cl. The van der Waals surface area contributed by atoms with Crippen LogP contribution in [0.15, 0.2) is 30.7 Å². The molecule has 5 heteroatoms. The zero-order valence-corrected chi connectivity index (χ0v) is 12.2. The molecule has 21 heavy (non-hydrogen) atoms. The molecule has 0 saturated heterocycles. The second-order valence-corrected chi connectivity index (χ2v) is 5.43. The number of hydrogen-bond donors (Lipinski definition) is 2. The van der Waals surface area contributed by atoms with Crippen LogP contribution in [0.1, 0.15) is 24.1 Å². The summed E-state index contributed by atoms with van der Waals surface area (Å²) in [5.74, 6) is 6.68. The molecule has 4 nitrogen and oxygen atoms in total. The van der Waals surface area contributed by atoms with Crippen LogP contribution in [0.2, 0.25) is 5.02 Å². The van der Waals surface area contributed by atoms with Crippen LogP contribution in [0.25, 0.3) is 0 Å². The number of nitrogens with one attached hydrogen (secondary N) is 1. The Hall–Kier alpha value is -2.25. The van der Waals surface area contributed by atoms with E-state index in [1.807, 2.05) is 12.1 Å². The molecule has 3 N–H and O–H groups in total. The molecule has 1 aromatic carbocycles. The second-order valence-electron chi connectivity index (χ2n) is 5.05. The van der Waals surface area contributed by atoms with E-state index in [9.17, 15) is 0 Å². The fraction of sp³-hybridized carbons (Fsp3) is 0.250. The number of benzene rings is 1. The van der Waals surface area contributed by atoms with Crippen molar-refractivity contribution in [3.8, 4) is 11.8 Å². The molecule has 0 bridgehead atoms. The van der Waals surface area contributed by atoms with Gasteiger partial charge in [0.25, 0.3) is 0 Å². The molecule has 3 rings (SSSR count). The monoisotopic (exact) mass is 298 g/mol. The van der Waals surface area contributed by atoms with Crippen LogP contribution in [-0.2, 0) is 0 Å². The molecule has 0 aliphatic heterocycles. The Morgan fingerprint density at radius 2 is 2.14 bits per heavy atom. The largest absolute Gasteiger partial charge is 0.396 e. The van der Waals surface area contributed by atoms with Crippen LogP contribution >= 0.6 is 11.6 Å². The minimum atomic E-state index is 0.479.